The van der Waals surface area contributed by atoms with Crippen LogP contribution in [0.25, 0.3) is 6.08 Å². The zero-order valence-electron chi connectivity index (χ0n) is 21.1. The smallest absolute Gasteiger partial charge is 0.271 e. The minimum atomic E-state index is -0.635. The molecule has 3 aromatic carbocycles. The number of hydrogen-bond acceptors (Lipinski definition) is 5. The molecule has 8 heteroatoms. The van der Waals surface area contributed by atoms with Gasteiger partial charge in [-0.3, -0.25) is 14.2 Å². The second-order valence-corrected chi connectivity index (χ2v) is 10.6. The zero-order valence-corrected chi connectivity index (χ0v) is 22.7. The highest BCUT2D eigenvalue weighted by molar-refractivity contribution is 7.07. The fourth-order valence-electron chi connectivity index (χ4n) is 4.42. The van der Waals surface area contributed by atoms with E-state index in [1.807, 2.05) is 74.5 Å². The number of aromatic nitrogens is 1. The summed E-state index contributed by atoms with van der Waals surface area (Å²) in [6, 6.07) is 23.5. The summed E-state index contributed by atoms with van der Waals surface area (Å²) < 4.78 is 8.02. The van der Waals surface area contributed by atoms with Crippen molar-refractivity contribution in [2.75, 3.05) is 5.32 Å². The van der Waals surface area contributed by atoms with Gasteiger partial charge in [-0.15, -0.1) is 0 Å². The standard InChI is InChI=1S/C30H26ClN3O3S/c1-18(2)37-24-15-14-22(31)16-21(24)17-25-29(36)34-27(20-10-6-4-7-11-20)26(19(3)32-30(34)38-25)28(35)33-23-12-8-5-9-13-23/h4-18,27H,1-3H3,(H,33,35)/b25-17+/t27-/m0/s1. The number of allylic oxidation sites excluding steroid dienone is 1. The average Bonchev–Trinajstić information content (AvgIpc) is 3.19. The van der Waals surface area contributed by atoms with Gasteiger partial charge in [0.25, 0.3) is 11.5 Å². The van der Waals surface area contributed by atoms with Crippen LogP contribution in [0.15, 0.2) is 99.9 Å². The molecule has 0 unspecified atom stereocenters. The molecule has 2 heterocycles. The second kappa shape index (κ2) is 10.8. The molecule has 0 bridgehead atoms. The molecule has 1 aliphatic rings. The third kappa shape index (κ3) is 5.21. The van der Waals surface area contributed by atoms with Gasteiger partial charge in [-0.25, -0.2) is 4.99 Å². The summed E-state index contributed by atoms with van der Waals surface area (Å²) in [5.74, 6) is 0.331. The van der Waals surface area contributed by atoms with Crippen LogP contribution in [-0.2, 0) is 4.79 Å². The van der Waals surface area contributed by atoms with Gasteiger partial charge in [0, 0.05) is 16.3 Å². The highest BCUT2D eigenvalue weighted by Gasteiger charge is 2.32. The van der Waals surface area contributed by atoms with Crippen LogP contribution >= 0.6 is 22.9 Å². The quantitative estimate of drug-likeness (QED) is 0.358. The van der Waals surface area contributed by atoms with E-state index in [2.05, 4.69) is 5.32 Å². The van der Waals surface area contributed by atoms with E-state index in [4.69, 9.17) is 21.3 Å². The van der Waals surface area contributed by atoms with Crippen molar-refractivity contribution in [3.8, 4) is 5.75 Å². The number of para-hydroxylation sites is 1. The van der Waals surface area contributed by atoms with Gasteiger partial charge in [-0.2, -0.15) is 0 Å². The summed E-state index contributed by atoms with van der Waals surface area (Å²) >= 11 is 7.55. The first-order valence-electron chi connectivity index (χ1n) is 12.2. The number of fused-ring (bicyclic) bond motifs is 1. The fraction of sp³-hybridized carbons (Fsp3) is 0.167. The molecule has 1 aromatic heterocycles. The number of benzene rings is 3. The van der Waals surface area contributed by atoms with Gasteiger partial charge in [0.2, 0.25) is 0 Å². The Kier molecular flexibility index (Phi) is 7.31. The summed E-state index contributed by atoms with van der Waals surface area (Å²) in [6.45, 7) is 5.69. The maximum absolute atomic E-state index is 13.9. The Bertz CT molecular complexity index is 1710. The van der Waals surface area contributed by atoms with Crippen molar-refractivity contribution in [3.05, 3.63) is 126 Å². The molecule has 0 saturated heterocycles. The Labute approximate surface area is 229 Å². The van der Waals surface area contributed by atoms with Crippen LogP contribution in [0, 0.1) is 0 Å². The molecule has 38 heavy (non-hydrogen) atoms. The average molecular weight is 544 g/mol. The molecule has 0 saturated carbocycles. The van der Waals surface area contributed by atoms with Crippen LogP contribution in [0.2, 0.25) is 5.02 Å². The molecule has 5 rings (SSSR count). The van der Waals surface area contributed by atoms with Crippen LogP contribution in [0.5, 0.6) is 5.75 Å². The number of ether oxygens (including phenoxy) is 1. The number of nitrogens with zero attached hydrogens (tertiary/aromatic N) is 2. The minimum Gasteiger partial charge on any atom is -0.490 e. The Morgan fingerprint density at radius 2 is 1.76 bits per heavy atom. The van der Waals surface area contributed by atoms with Crippen LogP contribution < -0.4 is 24.9 Å². The van der Waals surface area contributed by atoms with E-state index in [1.165, 1.54) is 11.3 Å². The molecule has 4 aromatic rings. The number of halogens is 1. The van der Waals surface area contributed by atoms with Crippen LogP contribution in [0.4, 0.5) is 5.69 Å². The summed E-state index contributed by atoms with van der Waals surface area (Å²) in [6.07, 6.45) is 1.73. The molecule has 1 N–H and O–H groups in total. The van der Waals surface area contributed by atoms with Crippen LogP contribution in [0.3, 0.4) is 0 Å². The third-order valence-corrected chi connectivity index (χ3v) is 7.25. The second-order valence-electron chi connectivity index (χ2n) is 9.16. The van der Waals surface area contributed by atoms with Crippen LogP contribution in [0.1, 0.15) is 37.9 Å². The monoisotopic (exact) mass is 543 g/mol. The first kappa shape index (κ1) is 25.7. The van der Waals surface area contributed by atoms with E-state index < -0.39 is 6.04 Å². The van der Waals surface area contributed by atoms with E-state index in [9.17, 15) is 9.59 Å². The first-order valence-corrected chi connectivity index (χ1v) is 13.4. The van der Waals surface area contributed by atoms with Gasteiger partial charge in [0.15, 0.2) is 4.80 Å². The number of carbonyl (C=O) groups excluding carboxylic acids is 1. The van der Waals surface area contributed by atoms with Gasteiger partial charge in [-0.05, 0) is 62.7 Å². The maximum Gasteiger partial charge on any atom is 0.271 e. The van der Waals surface area contributed by atoms with Gasteiger partial charge in [0.1, 0.15) is 5.75 Å². The molecule has 6 nitrogen and oxygen atoms in total. The number of anilines is 1. The van der Waals surface area contributed by atoms with Gasteiger partial charge < -0.3 is 10.1 Å². The molecule has 0 radical (unpaired) electrons. The Morgan fingerprint density at radius 1 is 1.08 bits per heavy atom. The number of hydrogen-bond donors (Lipinski definition) is 1. The van der Waals surface area contributed by atoms with Crippen molar-refractivity contribution >= 4 is 40.6 Å². The van der Waals surface area contributed by atoms with Gasteiger partial charge >= 0.3 is 0 Å². The van der Waals surface area contributed by atoms with Crippen molar-refractivity contribution in [3.63, 3.8) is 0 Å². The number of carbonyl (C=O) groups is 1. The van der Waals surface area contributed by atoms with Gasteiger partial charge in [-0.1, -0.05) is 71.5 Å². The Hall–Kier alpha value is -3.94. The number of rotatable bonds is 6. The predicted octanol–water partition coefficient (Wildman–Crippen LogP) is 5.31. The molecular weight excluding hydrogens is 518 g/mol. The lowest BCUT2D eigenvalue weighted by molar-refractivity contribution is -0.113. The summed E-state index contributed by atoms with van der Waals surface area (Å²) in [7, 11) is 0. The number of amides is 1. The predicted molar refractivity (Wildman–Crippen MR) is 152 cm³/mol. The molecule has 1 atom stereocenters. The molecule has 1 aliphatic heterocycles. The van der Waals surface area contributed by atoms with E-state index >= 15 is 0 Å². The summed E-state index contributed by atoms with van der Waals surface area (Å²) in [5.41, 5.74) is 2.93. The van der Waals surface area contributed by atoms with E-state index in [1.54, 1.807) is 35.8 Å². The zero-order chi connectivity index (χ0) is 26.8. The Morgan fingerprint density at radius 3 is 2.45 bits per heavy atom. The third-order valence-electron chi connectivity index (χ3n) is 6.03. The SMILES string of the molecule is CC1=C(C(=O)Nc2ccccc2)[C@H](c2ccccc2)n2c(s/c(=C/c3cc(Cl)ccc3OC(C)C)c2=O)=N1. The molecule has 0 spiro atoms. The van der Waals surface area contributed by atoms with Crippen molar-refractivity contribution in [1.29, 1.82) is 0 Å². The van der Waals surface area contributed by atoms with Crippen molar-refractivity contribution in [2.45, 2.75) is 32.9 Å². The van der Waals surface area contributed by atoms with Crippen LogP contribution in [-0.4, -0.2) is 16.6 Å². The number of nitrogens with one attached hydrogen (secondary N) is 1. The summed E-state index contributed by atoms with van der Waals surface area (Å²) in [5, 5.41) is 3.50. The topological polar surface area (TPSA) is 72.7 Å². The maximum atomic E-state index is 13.9. The van der Waals surface area contributed by atoms with E-state index in [-0.39, 0.29) is 17.6 Å². The molecular formula is C30H26ClN3O3S. The highest BCUT2D eigenvalue weighted by Crippen LogP contribution is 2.31. The van der Waals surface area contributed by atoms with Gasteiger partial charge in [0.05, 0.1) is 27.9 Å². The van der Waals surface area contributed by atoms with Crippen molar-refractivity contribution in [1.82, 2.24) is 4.57 Å². The molecule has 192 valence electrons. The lowest BCUT2D eigenvalue weighted by Crippen LogP contribution is -2.40. The van der Waals surface area contributed by atoms with Crippen molar-refractivity contribution < 1.29 is 9.53 Å². The lowest BCUT2D eigenvalue weighted by Gasteiger charge is -2.25. The lowest BCUT2D eigenvalue weighted by atomic mass is 9.95. The van der Waals surface area contributed by atoms with E-state index in [0.717, 1.165) is 5.56 Å². The molecule has 1 amide bonds. The van der Waals surface area contributed by atoms with E-state index in [0.29, 0.717) is 42.6 Å². The van der Waals surface area contributed by atoms with Crippen molar-refractivity contribution in [2.24, 2.45) is 4.99 Å². The highest BCUT2D eigenvalue weighted by atomic mass is 35.5. The first-order chi connectivity index (χ1) is 18.3. The summed E-state index contributed by atoms with van der Waals surface area (Å²) in [4.78, 5) is 32.7. The number of thiazole rings is 1. The fourth-order valence-corrected chi connectivity index (χ4v) is 5.64. The Balaban J connectivity index is 1.67. The largest absolute Gasteiger partial charge is 0.490 e. The normalized spacial score (nSPS) is 15.3. The molecule has 0 aliphatic carbocycles. The molecule has 0 fully saturated rings. The minimum absolute atomic E-state index is 0.0454.